The van der Waals surface area contributed by atoms with Crippen LogP contribution in [0.15, 0.2) is 22.7 Å². The van der Waals surface area contributed by atoms with E-state index in [9.17, 15) is 13.2 Å². The Morgan fingerprint density at radius 2 is 2.19 bits per heavy atom. The highest BCUT2D eigenvalue weighted by Gasteiger charge is 2.27. The number of alkyl halides is 3. The third-order valence-corrected chi connectivity index (χ3v) is 3.03. The number of nitrogens with one attached hydrogen (secondary N) is 1. The molecule has 0 fully saturated rings. The molecular weight excluding hydrogens is 287 g/mol. The molecule has 5 nitrogen and oxygen atoms in total. The zero-order valence-electron chi connectivity index (χ0n) is 10.9. The molecule has 0 saturated carbocycles. The summed E-state index contributed by atoms with van der Waals surface area (Å²) in [5.41, 5.74) is 2.97. The quantitative estimate of drug-likeness (QED) is 0.940. The molecule has 21 heavy (non-hydrogen) atoms. The van der Waals surface area contributed by atoms with Crippen LogP contribution in [-0.4, -0.2) is 29.5 Å². The second-order valence-corrected chi connectivity index (χ2v) is 4.67. The van der Waals surface area contributed by atoms with E-state index in [1.54, 1.807) is 0 Å². The van der Waals surface area contributed by atoms with Crippen molar-refractivity contribution in [1.29, 1.82) is 0 Å². The third-order valence-electron chi connectivity index (χ3n) is 3.03. The third kappa shape index (κ3) is 3.33. The van der Waals surface area contributed by atoms with Crippen LogP contribution < -0.4 is 5.32 Å². The molecule has 112 valence electrons. The fourth-order valence-electron chi connectivity index (χ4n) is 2.13. The number of benzene rings is 1. The maximum atomic E-state index is 12.0. The zero-order chi connectivity index (χ0) is 14.9. The number of hydrogen-bond donors (Lipinski definition) is 1. The zero-order valence-corrected chi connectivity index (χ0v) is 10.9. The Morgan fingerprint density at radius 1 is 1.33 bits per heavy atom. The van der Waals surface area contributed by atoms with Crippen LogP contribution in [0.2, 0.25) is 0 Å². The molecule has 1 aliphatic heterocycles. The molecule has 0 saturated heterocycles. The first-order valence-corrected chi connectivity index (χ1v) is 6.35. The molecule has 1 aromatic heterocycles. The second kappa shape index (κ2) is 5.36. The molecule has 3 rings (SSSR count). The first-order valence-electron chi connectivity index (χ1n) is 6.35. The Bertz CT molecular complexity index is 640. The lowest BCUT2D eigenvalue weighted by atomic mass is 10.1. The highest BCUT2D eigenvalue weighted by atomic mass is 19.4. The average Bonchev–Trinajstić information content (AvgIpc) is 3.04. The lowest BCUT2D eigenvalue weighted by molar-refractivity contribution is -0.177. The van der Waals surface area contributed by atoms with Gasteiger partial charge in [-0.2, -0.15) is 18.2 Å². The fraction of sp³-hybridized carbons (Fsp3) is 0.385. The minimum absolute atomic E-state index is 0.0906. The number of nitrogens with zero attached hydrogens (tertiary/aromatic N) is 2. The molecule has 2 aromatic rings. The van der Waals surface area contributed by atoms with Crippen molar-refractivity contribution >= 4 is 5.69 Å². The van der Waals surface area contributed by atoms with Gasteiger partial charge in [-0.1, -0.05) is 5.16 Å². The van der Waals surface area contributed by atoms with Crippen molar-refractivity contribution in [2.24, 2.45) is 0 Å². The fourth-order valence-corrected chi connectivity index (χ4v) is 2.13. The average molecular weight is 299 g/mol. The van der Waals surface area contributed by atoms with E-state index < -0.39 is 12.8 Å². The van der Waals surface area contributed by atoms with Crippen molar-refractivity contribution in [2.75, 3.05) is 18.5 Å². The summed E-state index contributed by atoms with van der Waals surface area (Å²) in [6.07, 6.45) is -3.45. The number of anilines is 1. The van der Waals surface area contributed by atoms with Gasteiger partial charge in [-0.25, -0.2) is 0 Å². The molecule has 1 aliphatic rings. The number of aromatic nitrogens is 2. The molecule has 0 unspecified atom stereocenters. The molecule has 0 spiro atoms. The van der Waals surface area contributed by atoms with Crippen molar-refractivity contribution in [3.63, 3.8) is 0 Å². The van der Waals surface area contributed by atoms with Gasteiger partial charge in [-0.3, -0.25) is 0 Å². The summed E-state index contributed by atoms with van der Waals surface area (Å²) in [5, 5.41) is 6.84. The van der Waals surface area contributed by atoms with E-state index in [0.29, 0.717) is 0 Å². The summed E-state index contributed by atoms with van der Waals surface area (Å²) in [4.78, 5) is 4.04. The van der Waals surface area contributed by atoms with Crippen LogP contribution in [-0.2, 0) is 17.8 Å². The molecule has 0 amide bonds. The van der Waals surface area contributed by atoms with E-state index in [-0.39, 0.29) is 18.3 Å². The summed E-state index contributed by atoms with van der Waals surface area (Å²) in [6.45, 7) is -0.782. The van der Waals surface area contributed by atoms with Gasteiger partial charge in [-0.15, -0.1) is 0 Å². The largest absolute Gasteiger partial charge is 0.411 e. The Hall–Kier alpha value is -2.09. The van der Waals surface area contributed by atoms with Gasteiger partial charge in [0.1, 0.15) is 13.2 Å². The lowest BCUT2D eigenvalue weighted by Gasteiger charge is -2.04. The molecule has 1 aromatic carbocycles. The van der Waals surface area contributed by atoms with Crippen molar-refractivity contribution in [2.45, 2.75) is 19.2 Å². The summed E-state index contributed by atoms with van der Waals surface area (Å²) in [6, 6.07) is 5.68. The SMILES string of the molecule is FC(F)(F)COCc1noc(-c2ccc3c(c2)CCN3)n1. The number of hydrogen-bond acceptors (Lipinski definition) is 5. The second-order valence-electron chi connectivity index (χ2n) is 4.67. The van der Waals surface area contributed by atoms with Crippen molar-refractivity contribution in [1.82, 2.24) is 10.1 Å². The molecule has 2 heterocycles. The topological polar surface area (TPSA) is 60.2 Å². The van der Waals surface area contributed by atoms with Gasteiger partial charge in [0.15, 0.2) is 5.82 Å². The minimum Gasteiger partial charge on any atom is -0.384 e. The number of halogens is 3. The molecular formula is C13H12F3N3O2. The van der Waals surface area contributed by atoms with E-state index in [1.165, 1.54) is 0 Å². The first-order chi connectivity index (χ1) is 10.0. The van der Waals surface area contributed by atoms with E-state index in [0.717, 1.165) is 29.8 Å². The summed E-state index contributed by atoms with van der Waals surface area (Å²) < 4.78 is 45.4. The van der Waals surface area contributed by atoms with E-state index in [4.69, 9.17) is 4.52 Å². The molecule has 1 N–H and O–H groups in total. The maximum absolute atomic E-state index is 12.0. The van der Waals surface area contributed by atoms with Gasteiger partial charge < -0.3 is 14.6 Å². The Balaban J connectivity index is 1.67. The highest BCUT2D eigenvalue weighted by Crippen LogP contribution is 2.27. The Morgan fingerprint density at radius 3 is 3.00 bits per heavy atom. The number of fused-ring (bicyclic) bond motifs is 1. The van der Waals surface area contributed by atoms with Gasteiger partial charge in [-0.05, 0) is 30.2 Å². The highest BCUT2D eigenvalue weighted by molar-refractivity contribution is 5.64. The number of ether oxygens (including phenoxy) is 1. The first kappa shape index (κ1) is 13.9. The predicted octanol–water partition coefficient (Wildman–Crippen LogP) is 2.78. The summed E-state index contributed by atoms with van der Waals surface area (Å²) in [7, 11) is 0. The van der Waals surface area contributed by atoms with Crippen molar-refractivity contribution in [3.8, 4) is 11.5 Å². The normalized spacial score (nSPS) is 14.0. The predicted molar refractivity (Wildman–Crippen MR) is 67.6 cm³/mol. The van der Waals surface area contributed by atoms with Crippen LogP contribution >= 0.6 is 0 Å². The monoisotopic (exact) mass is 299 g/mol. The van der Waals surface area contributed by atoms with Gasteiger partial charge in [0, 0.05) is 17.8 Å². The van der Waals surface area contributed by atoms with Crippen LogP contribution in [0.25, 0.3) is 11.5 Å². The van der Waals surface area contributed by atoms with Gasteiger partial charge >= 0.3 is 6.18 Å². The van der Waals surface area contributed by atoms with Gasteiger partial charge in [0.25, 0.3) is 5.89 Å². The van der Waals surface area contributed by atoms with Crippen LogP contribution in [0, 0.1) is 0 Å². The van der Waals surface area contributed by atoms with Crippen LogP contribution in [0.4, 0.5) is 18.9 Å². The Kier molecular flexibility index (Phi) is 3.54. The van der Waals surface area contributed by atoms with Crippen molar-refractivity contribution < 1.29 is 22.4 Å². The van der Waals surface area contributed by atoms with Crippen LogP contribution in [0.5, 0.6) is 0 Å². The van der Waals surface area contributed by atoms with E-state index in [1.807, 2.05) is 18.2 Å². The van der Waals surface area contributed by atoms with Crippen LogP contribution in [0.1, 0.15) is 11.4 Å². The molecule has 0 atom stereocenters. The standard InChI is InChI=1S/C13H12F3N3O2/c14-13(15,16)7-20-6-11-18-12(21-19-11)9-1-2-10-8(5-9)3-4-17-10/h1-2,5,17H,3-4,6-7H2. The Labute approximate surface area is 118 Å². The van der Waals surface area contributed by atoms with Crippen molar-refractivity contribution in [3.05, 3.63) is 29.6 Å². The maximum Gasteiger partial charge on any atom is 0.411 e. The number of rotatable bonds is 4. The van der Waals surface area contributed by atoms with E-state index in [2.05, 4.69) is 20.2 Å². The molecule has 8 heteroatoms. The van der Waals surface area contributed by atoms with Gasteiger partial charge in [0.2, 0.25) is 0 Å². The van der Waals surface area contributed by atoms with E-state index >= 15 is 0 Å². The van der Waals surface area contributed by atoms with Crippen LogP contribution in [0.3, 0.4) is 0 Å². The summed E-state index contributed by atoms with van der Waals surface area (Å²) >= 11 is 0. The molecule has 0 radical (unpaired) electrons. The molecule has 0 bridgehead atoms. The lowest BCUT2D eigenvalue weighted by Crippen LogP contribution is -2.16. The minimum atomic E-state index is -4.36. The smallest absolute Gasteiger partial charge is 0.384 e. The molecule has 0 aliphatic carbocycles. The van der Waals surface area contributed by atoms with Gasteiger partial charge in [0.05, 0.1) is 0 Å². The summed E-state index contributed by atoms with van der Waals surface area (Å²) in [5.74, 6) is 0.364.